The van der Waals surface area contributed by atoms with E-state index >= 15 is 0 Å². The molecule has 0 radical (unpaired) electrons. The molecule has 1 fully saturated rings. The second-order valence-corrected chi connectivity index (χ2v) is 5.83. The van der Waals surface area contributed by atoms with Gasteiger partial charge in [-0.25, -0.2) is 0 Å². The van der Waals surface area contributed by atoms with E-state index < -0.39 is 11.4 Å². The van der Waals surface area contributed by atoms with Crippen LogP contribution in [0, 0.1) is 19.8 Å². The Bertz CT molecular complexity index is 436. The molecule has 1 aromatic rings. The van der Waals surface area contributed by atoms with Crippen LogP contribution in [0.15, 0.2) is 18.2 Å². The molecule has 0 amide bonds. The van der Waals surface area contributed by atoms with Gasteiger partial charge in [0.15, 0.2) is 0 Å². The van der Waals surface area contributed by atoms with Crippen LogP contribution in [0.5, 0.6) is 0 Å². The van der Waals surface area contributed by atoms with Gasteiger partial charge in [0.25, 0.3) is 0 Å². The summed E-state index contributed by atoms with van der Waals surface area (Å²) < 4.78 is 0. The van der Waals surface area contributed by atoms with Crippen molar-refractivity contribution in [3.05, 3.63) is 34.9 Å². The van der Waals surface area contributed by atoms with E-state index in [2.05, 4.69) is 13.0 Å². The molecule has 0 heterocycles. The van der Waals surface area contributed by atoms with Crippen LogP contribution in [0.1, 0.15) is 49.3 Å². The minimum Gasteiger partial charge on any atom is -0.481 e. The molecule has 1 aliphatic rings. The van der Waals surface area contributed by atoms with Gasteiger partial charge < -0.3 is 5.11 Å². The highest BCUT2D eigenvalue weighted by molar-refractivity contribution is 5.83. The maximum atomic E-state index is 11.7. The smallest absolute Gasteiger partial charge is 0.314 e. The Morgan fingerprint density at radius 1 is 1.28 bits per heavy atom. The molecule has 18 heavy (non-hydrogen) atoms. The molecule has 2 rings (SSSR count). The summed E-state index contributed by atoms with van der Waals surface area (Å²) in [7, 11) is 0. The molecule has 0 unspecified atom stereocenters. The molecule has 0 spiro atoms. The number of aryl methyl sites for hydroxylation is 2. The van der Waals surface area contributed by atoms with Gasteiger partial charge in [0, 0.05) is 0 Å². The average molecular weight is 246 g/mol. The number of rotatable bonds is 4. The molecule has 0 atom stereocenters. The average Bonchev–Trinajstić information content (AvgIpc) is 2.20. The first-order valence-corrected chi connectivity index (χ1v) is 6.80. The van der Waals surface area contributed by atoms with Crippen molar-refractivity contribution in [3.8, 4) is 0 Å². The first-order valence-electron chi connectivity index (χ1n) is 6.80. The van der Waals surface area contributed by atoms with Gasteiger partial charge in [0.1, 0.15) is 0 Å². The minimum atomic E-state index is -0.653. The lowest BCUT2D eigenvalue weighted by atomic mass is 9.57. The van der Waals surface area contributed by atoms with Crippen LogP contribution in [0.25, 0.3) is 0 Å². The highest BCUT2D eigenvalue weighted by atomic mass is 16.4. The Morgan fingerprint density at radius 2 is 1.83 bits per heavy atom. The van der Waals surface area contributed by atoms with E-state index in [-0.39, 0.29) is 0 Å². The maximum Gasteiger partial charge on any atom is 0.314 e. The van der Waals surface area contributed by atoms with Crippen LogP contribution >= 0.6 is 0 Å². The van der Waals surface area contributed by atoms with Gasteiger partial charge in [-0.2, -0.15) is 0 Å². The first kappa shape index (κ1) is 13.1. The van der Waals surface area contributed by atoms with Crippen molar-refractivity contribution in [1.29, 1.82) is 0 Å². The summed E-state index contributed by atoms with van der Waals surface area (Å²) in [5.41, 5.74) is 2.70. The molecule has 0 aliphatic heterocycles. The number of carboxylic acids is 1. The standard InChI is InChI=1S/C16H22O2/c1-4-5-13-9-16(10-13,15(17)18)14-7-11(2)6-12(3)8-14/h6-8,13H,4-5,9-10H2,1-3H3,(H,17,18). The number of carbonyl (C=O) groups is 1. The summed E-state index contributed by atoms with van der Waals surface area (Å²) in [6.45, 7) is 6.24. The summed E-state index contributed by atoms with van der Waals surface area (Å²) in [5, 5.41) is 9.60. The van der Waals surface area contributed by atoms with Gasteiger partial charge in [-0.3, -0.25) is 4.79 Å². The molecule has 0 bridgehead atoms. The van der Waals surface area contributed by atoms with Gasteiger partial charge >= 0.3 is 5.97 Å². The predicted octanol–water partition coefficient (Wildman–Crippen LogP) is 3.84. The minimum absolute atomic E-state index is 0.590. The zero-order chi connectivity index (χ0) is 13.3. The van der Waals surface area contributed by atoms with Crippen LogP contribution in [-0.4, -0.2) is 11.1 Å². The van der Waals surface area contributed by atoms with Crippen LogP contribution in [0.2, 0.25) is 0 Å². The molecule has 1 saturated carbocycles. The maximum absolute atomic E-state index is 11.7. The molecule has 0 aromatic heterocycles. The Labute approximate surface area is 109 Å². The summed E-state index contributed by atoms with van der Waals surface area (Å²) in [4.78, 5) is 11.7. The molecular weight excluding hydrogens is 224 g/mol. The molecule has 1 aliphatic carbocycles. The topological polar surface area (TPSA) is 37.3 Å². The zero-order valence-corrected chi connectivity index (χ0v) is 11.5. The zero-order valence-electron chi connectivity index (χ0n) is 11.5. The van der Waals surface area contributed by atoms with Crippen LogP contribution in [0.4, 0.5) is 0 Å². The van der Waals surface area contributed by atoms with E-state index in [1.165, 1.54) is 0 Å². The van der Waals surface area contributed by atoms with Crippen molar-refractivity contribution in [3.63, 3.8) is 0 Å². The van der Waals surface area contributed by atoms with E-state index in [4.69, 9.17) is 0 Å². The quantitative estimate of drug-likeness (QED) is 0.876. The van der Waals surface area contributed by atoms with E-state index in [9.17, 15) is 9.90 Å². The van der Waals surface area contributed by atoms with Gasteiger partial charge in [-0.15, -0.1) is 0 Å². The molecule has 2 nitrogen and oxygen atoms in total. The van der Waals surface area contributed by atoms with E-state index in [1.54, 1.807) is 0 Å². The van der Waals surface area contributed by atoms with Crippen LogP contribution in [-0.2, 0) is 10.2 Å². The summed E-state index contributed by atoms with van der Waals surface area (Å²) in [6.07, 6.45) is 3.91. The number of carboxylic acid groups (broad SMARTS) is 1. The van der Waals surface area contributed by atoms with Crippen molar-refractivity contribution >= 4 is 5.97 Å². The van der Waals surface area contributed by atoms with Crippen molar-refractivity contribution in [2.75, 3.05) is 0 Å². The van der Waals surface area contributed by atoms with E-state index in [1.807, 2.05) is 26.0 Å². The Balaban J connectivity index is 2.30. The van der Waals surface area contributed by atoms with Crippen molar-refractivity contribution < 1.29 is 9.90 Å². The van der Waals surface area contributed by atoms with E-state index in [0.29, 0.717) is 5.92 Å². The normalized spacial score (nSPS) is 26.7. The number of aliphatic carboxylic acids is 1. The van der Waals surface area contributed by atoms with Gasteiger partial charge in [-0.1, -0.05) is 49.1 Å². The third kappa shape index (κ3) is 2.16. The third-order valence-corrected chi connectivity index (χ3v) is 4.15. The first-order chi connectivity index (χ1) is 8.48. The monoisotopic (exact) mass is 246 g/mol. The predicted molar refractivity (Wildman–Crippen MR) is 72.9 cm³/mol. The third-order valence-electron chi connectivity index (χ3n) is 4.15. The Hall–Kier alpha value is -1.31. The highest BCUT2D eigenvalue weighted by Crippen LogP contribution is 2.50. The summed E-state index contributed by atoms with van der Waals surface area (Å²) in [5.74, 6) is -0.0632. The number of hydrogen-bond acceptors (Lipinski definition) is 1. The second-order valence-electron chi connectivity index (χ2n) is 5.83. The Morgan fingerprint density at radius 3 is 2.28 bits per heavy atom. The molecule has 1 N–H and O–H groups in total. The van der Waals surface area contributed by atoms with Gasteiger partial charge in [0.2, 0.25) is 0 Å². The van der Waals surface area contributed by atoms with Crippen LogP contribution in [0.3, 0.4) is 0 Å². The lowest BCUT2D eigenvalue weighted by Gasteiger charge is -2.45. The molecule has 2 heteroatoms. The fourth-order valence-corrected chi connectivity index (χ4v) is 3.32. The fourth-order valence-electron chi connectivity index (χ4n) is 3.32. The van der Waals surface area contributed by atoms with Crippen molar-refractivity contribution in [2.45, 2.75) is 51.9 Å². The largest absolute Gasteiger partial charge is 0.481 e. The Kier molecular flexibility index (Phi) is 3.47. The van der Waals surface area contributed by atoms with Crippen molar-refractivity contribution in [2.24, 2.45) is 5.92 Å². The fraction of sp³-hybridized carbons (Fsp3) is 0.562. The van der Waals surface area contributed by atoms with Crippen molar-refractivity contribution in [1.82, 2.24) is 0 Å². The molecule has 1 aromatic carbocycles. The number of benzene rings is 1. The second kappa shape index (κ2) is 4.75. The molecule has 0 saturated heterocycles. The SMILES string of the molecule is CCCC1CC(C(=O)O)(c2cc(C)cc(C)c2)C1. The molecule has 98 valence electrons. The number of hydrogen-bond donors (Lipinski definition) is 1. The lowest BCUT2D eigenvalue weighted by molar-refractivity contribution is -0.150. The van der Waals surface area contributed by atoms with E-state index in [0.717, 1.165) is 42.4 Å². The summed E-state index contributed by atoms with van der Waals surface area (Å²) >= 11 is 0. The highest BCUT2D eigenvalue weighted by Gasteiger charge is 2.51. The van der Waals surface area contributed by atoms with Gasteiger partial charge in [-0.05, 0) is 38.2 Å². The summed E-state index contributed by atoms with van der Waals surface area (Å²) in [6, 6.07) is 6.19. The lowest BCUT2D eigenvalue weighted by Crippen LogP contribution is -2.47. The molecular formula is C16H22O2. The van der Waals surface area contributed by atoms with Crippen LogP contribution < -0.4 is 0 Å². The van der Waals surface area contributed by atoms with Gasteiger partial charge in [0.05, 0.1) is 5.41 Å².